The van der Waals surface area contributed by atoms with Gasteiger partial charge in [0.1, 0.15) is 0 Å². The first-order valence-electron chi connectivity index (χ1n) is 6.15. The molecule has 2 atom stereocenters. The molecule has 0 aromatic carbocycles. The molecule has 1 aliphatic carbocycles. The van der Waals surface area contributed by atoms with Crippen molar-refractivity contribution in [2.24, 2.45) is 0 Å². The largest absolute Gasteiger partial charge is 0.314 e. The van der Waals surface area contributed by atoms with Gasteiger partial charge < -0.3 is 5.32 Å². The molecule has 2 heteroatoms. The summed E-state index contributed by atoms with van der Waals surface area (Å²) in [6.45, 7) is 3.42. The van der Waals surface area contributed by atoms with Crippen molar-refractivity contribution in [1.29, 1.82) is 0 Å². The van der Waals surface area contributed by atoms with Gasteiger partial charge in [-0.1, -0.05) is 13.3 Å². The van der Waals surface area contributed by atoms with E-state index in [1.54, 1.807) is 5.56 Å². The lowest BCUT2D eigenvalue weighted by molar-refractivity contribution is 0.340. The summed E-state index contributed by atoms with van der Waals surface area (Å²) in [6, 6.07) is 3.07. The highest BCUT2D eigenvalue weighted by Crippen LogP contribution is 2.33. The van der Waals surface area contributed by atoms with E-state index in [1.807, 2.05) is 11.3 Å². The van der Waals surface area contributed by atoms with Crippen LogP contribution in [0.2, 0.25) is 0 Å². The summed E-state index contributed by atoms with van der Waals surface area (Å²) < 4.78 is 0. The molecule has 1 saturated carbocycles. The standard InChI is InChI=1S/C13H21NS/c1-2-7-14-13-5-3-4-11(9-13)12-6-8-15-10-12/h6,8,10-11,13-14H,2-5,7,9H2,1H3. The molecule has 1 fully saturated rings. The smallest absolute Gasteiger partial charge is 0.00728 e. The zero-order chi connectivity index (χ0) is 10.5. The van der Waals surface area contributed by atoms with E-state index in [0.29, 0.717) is 0 Å². The van der Waals surface area contributed by atoms with Gasteiger partial charge in [-0.15, -0.1) is 0 Å². The van der Waals surface area contributed by atoms with E-state index in [9.17, 15) is 0 Å². The molecule has 0 bridgehead atoms. The molecule has 0 radical (unpaired) electrons. The Hall–Kier alpha value is -0.340. The predicted molar refractivity (Wildman–Crippen MR) is 67.6 cm³/mol. The highest BCUT2D eigenvalue weighted by Gasteiger charge is 2.22. The van der Waals surface area contributed by atoms with Gasteiger partial charge in [-0.3, -0.25) is 0 Å². The Labute approximate surface area is 96.9 Å². The minimum Gasteiger partial charge on any atom is -0.314 e. The van der Waals surface area contributed by atoms with Gasteiger partial charge in [0, 0.05) is 6.04 Å². The van der Waals surface area contributed by atoms with E-state index in [2.05, 4.69) is 29.1 Å². The predicted octanol–water partition coefficient (Wildman–Crippen LogP) is 3.77. The molecule has 1 heterocycles. The summed E-state index contributed by atoms with van der Waals surface area (Å²) in [7, 11) is 0. The van der Waals surface area contributed by atoms with Crippen molar-refractivity contribution in [2.75, 3.05) is 6.54 Å². The molecule has 2 unspecified atom stereocenters. The van der Waals surface area contributed by atoms with Gasteiger partial charge in [0.15, 0.2) is 0 Å². The molecule has 1 nitrogen and oxygen atoms in total. The highest BCUT2D eigenvalue weighted by molar-refractivity contribution is 7.07. The second-order valence-corrected chi connectivity index (χ2v) is 5.35. The maximum Gasteiger partial charge on any atom is 0.00728 e. The molecular weight excluding hydrogens is 202 g/mol. The van der Waals surface area contributed by atoms with E-state index >= 15 is 0 Å². The molecule has 1 N–H and O–H groups in total. The SMILES string of the molecule is CCCNC1CCCC(c2ccsc2)C1. The average Bonchev–Trinajstić information content (AvgIpc) is 2.80. The van der Waals surface area contributed by atoms with Gasteiger partial charge in [0.05, 0.1) is 0 Å². The fraction of sp³-hybridized carbons (Fsp3) is 0.692. The van der Waals surface area contributed by atoms with Crippen molar-refractivity contribution in [1.82, 2.24) is 5.32 Å². The van der Waals surface area contributed by atoms with E-state index in [-0.39, 0.29) is 0 Å². The number of nitrogens with one attached hydrogen (secondary N) is 1. The number of hydrogen-bond acceptors (Lipinski definition) is 2. The van der Waals surface area contributed by atoms with Crippen molar-refractivity contribution < 1.29 is 0 Å². The van der Waals surface area contributed by atoms with Crippen LogP contribution in [0.15, 0.2) is 16.8 Å². The van der Waals surface area contributed by atoms with Gasteiger partial charge in [-0.25, -0.2) is 0 Å². The van der Waals surface area contributed by atoms with Crippen LogP contribution in [-0.4, -0.2) is 12.6 Å². The van der Waals surface area contributed by atoms with Crippen LogP contribution in [0.3, 0.4) is 0 Å². The van der Waals surface area contributed by atoms with Crippen LogP contribution in [0.4, 0.5) is 0 Å². The zero-order valence-electron chi connectivity index (χ0n) is 9.54. The molecule has 1 aromatic rings. The second kappa shape index (κ2) is 5.66. The first-order valence-corrected chi connectivity index (χ1v) is 7.10. The summed E-state index contributed by atoms with van der Waals surface area (Å²) in [5, 5.41) is 8.20. The third-order valence-electron chi connectivity index (χ3n) is 3.37. The zero-order valence-corrected chi connectivity index (χ0v) is 10.4. The van der Waals surface area contributed by atoms with Crippen molar-refractivity contribution in [3.05, 3.63) is 22.4 Å². The van der Waals surface area contributed by atoms with Crippen LogP contribution >= 0.6 is 11.3 Å². The molecule has 0 saturated heterocycles. The highest BCUT2D eigenvalue weighted by atomic mass is 32.1. The molecule has 2 rings (SSSR count). The van der Waals surface area contributed by atoms with Crippen molar-refractivity contribution >= 4 is 11.3 Å². The number of thiophene rings is 1. The van der Waals surface area contributed by atoms with Crippen LogP contribution in [0, 0.1) is 0 Å². The van der Waals surface area contributed by atoms with Gasteiger partial charge in [0.25, 0.3) is 0 Å². The third kappa shape index (κ3) is 3.05. The Kier molecular flexibility index (Phi) is 4.21. The van der Waals surface area contributed by atoms with Gasteiger partial charge in [-0.2, -0.15) is 11.3 Å². The molecular formula is C13H21NS. The average molecular weight is 223 g/mol. The fourth-order valence-electron chi connectivity index (χ4n) is 2.53. The van der Waals surface area contributed by atoms with Gasteiger partial charge in [-0.05, 0) is 60.5 Å². The Bertz CT molecular complexity index is 268. The minimum atomic E-state index is 0.767. The van der Waals surface area contributed by atoms with Gasteiger partial charge >= 0.3 is 0 Å². The van der Waals surface area contributed by atoms with Crippen LogP contribution in [0.25, 0.3) is 0 Å². The first kappa shape index (κ1) is 11.2. The maximum absolute atomic E-state index is 3.67. The Morgan fingerprint density at radius 2 is 2.40 bits per heavy atom. The number of hydrogen-bond donors (Lipinski definition) is 1. The van der Waals surface area contributed by atoms with E-state index in [4.69, 9.17) is 0 Å². The lowest BCUT2D eigenvalue weighted by atomic mass is 9.82. The van der Waals surface area contributed by atoms with Gasteiger partial charge in [0.2, 0.25) is 0 Å². The lowest BCUT2D eigenvalue weighted by Gasteiger charge is -2.29. The molecule has 1 aliphatic rings. The molecule has 1 aromatic heterocycles. The van der Waals surface area contributed by atoms with E-state index in [0.717, 1.165) is 12.0 Å². The molecule has 0 aliphatic heterocycles. The monoisotopic (exact) mass is 223 g/mol. The minimum absolute atomic E-state index is 0.767. The third-order valence-corrected chi connectivity index (χ3v) is 4.07. The molecule has 15 heavy (non-hydrogen) atoms. The van der Waals surface area contributed by atoms with Crippen LogP contribution in [0.5, 0.6) is 0 Å². The summed E-state index contributed by atoms with van der Waals surface area (Å²) in [4.78, 5) is 0. The van der Waals surface area contributed by atoms with Crippen LogP contribution in [-0.2, 0) is 0 Å². The maximum atomic E-state index is 3.67. The van der Waals surface area contributed by atoms with E-state index < -0.39 is 0 Å². The summed E-state index contributed by atoms with van der Waals surface area (Å²) >= 11 is 1.83. The van der Waals surface area contributed by atoms with Crippen molar-refractivity contribution in [3.8, 4) is 0 Å². The topological polar surface area (TPSA) is 12.0 Å². The first-order chi connectivity index (χ1) is 7.40. The lowest BCUT2D eigenvalue weighted by Crippen LogP contribution is -2.33. The fourth-order valence-corrected chi connectivity index (χ4v) is 3.28. The molecule has 0 spiro atoms. The van der Waals surface area contributed by atoms with E-state index in [1.165, 1.54) is 38.6 Å². The normalized spacial score (nSPS) is 26.7. The number of rotatable bonds is 4. The van der Waals surface area contributed by atoms with Crippen molar-refractivity contribution in [2.45, 2.75) is 51.0 Å². The Balaban J connectivity index is 1.87. The Morgan fingerprint density at radius 1 is 1.47 bits per heavy atom. The molecule has 0 amide bonds. The summed E-state index contributed by atoms with van der Waals surface area (Å²) in [5.41, 5.74) is 1.57. The molecule has 84 valence electrons. The van der Waals surface area contributed by atoms with Crippen LogP contribution in [0.1, 0.15) is 50.5 Å². The Morgan fingerprint density at radius 3 is 3.13 bits per heavy atom. The summed E-state index contributed by atoms with van der Waals surface area (Å²) in [6.07, 6.45) is 6.75. The quantitative estimate of drug-likeness (QED) is 0.819. The summed E-state index contributed by atoms with van der Waals surface area (Å²) in [5.74, 6) is 0.819. The van der Waals surface area contributed by atoms with Crippen LogP contribution < -0.4 is 5.32 Å². The van der Waals surface area contributed by atoms with Crippen molar-refractivity contribution in [3.63, 3.8) is 0 Å². The second-order valence-electron chi connectivity index (χ2n) is 4.57.